The molecule has 0 fully saturated rings. The Balaban J connectivity index is 2.13. The van der Waals surface area contributed by atoms with Crippen molar-refractivity contribution in [2.75, 3.05) is 0 Å². The minimum atomic E-state index is -1.54. The molecule has 2 aromatic rings. The van der Waals surface area contributed by atoms with Crippen LogP contribution in [-0.4, -0.2) is 21.0 Å². The Bertz CT molecular complexity index is 825. The second kappa shape index (κ2) is 10.7. The second-order valence-electron chi connectivity index (χ2n) is 7.67. The summed E-state index contributed by atoms with van der Waals surface area (Å²) < 4.78 is 0. The number of unbranched alkanes of at least 4 members (excludes halogenated alkanes) is 4. The number of benzene rings is 1. The molecule has 1 aromatic heterocycles. The highest BCUT2D eigenvalue weighted by Gasteiger charge is 2.45. The van der Waals surface area contributed by atoms with Crippen molar-refractivity contribution in [3.63, 3.8) is 0 Å². The Morgan fingerprint density at radius 3 is 2.31 bits per heavy atom. The highest BCUT2D eigenvalue weighted by molar-refractivity contribution is 5.85. The van der Waals surface area contributed by atoms with Gasteiger partial charge >= 0.3 is 5.97 Å². The average molecular weight is 394 g/mol. The molecule has 0 amide bonds. The molecule has 0 radical (unpaired) electrons. The molecule has 29 heavy (non-hydrogen) atoms. The van der Waals surface area contributed by atoms with E-state index in [1.165, 1.54) is 25.7 Å². The van der Waals surface area contributed by atoms with E-state index in [4.69, 9.17) is 0 Å². The molecular formula is C24H31N3O2. The molecule has 154 valence electrons. The molecule has 5 nitrogen and oxygen atoms in total. The van der Waals surface area contributed by atoms with Gasteiger partial charge in [0.05, 0.1) is 23.7 Å². The summed E-state index contributed by atoms with van der Waals surface area (Å²) in [6.45, 7) is 5.91. The fraction of sp³-hybridized carbons (Fsp3) is 0.500. The van der Waals surface area contributed by atoms with Gasteiger partial charge in [0.15, 0.2) is 5.41 Å². The molecule has 0 bridgehead atoms. The van der Waals surface area contributed by atoms with E-state index >= 15 is 0 Å². The number of aryl methyl sites for hydroxylation is 1. The minimum absolute atomic E-state index is 0.299. The van der Waals surface area contributed by atoms with Gasteiger partial charge in [0, 0.05) is 11.8 Å². The maximum absolute atomic E-state index is 11.9. The van der Waals surface area contributed by atoms with Crippen LogP contribution in [0, 0.1) is 17.2 Å². The molecule has 2 unspecified atom stereocenters. The van der Waals surface area contributed by atoms with Crippen LogP contribution in [0.5, 0.6) is 0 Å². The van der Waals surface area contributed by atoms with Gasteiger partial charge in [-0.1, -0.05) is 77.1 Å². The van der Waals surface area contributed by atoms with Crippen LogP contribution in [0.25, 0.3) is 11.3 Å². The van der Waals surface area contributed by atoms with E-state index in [-0.39, 0.29) is 5.92 Å². The lowest BCUT2D eigenvalue weighted by Crippen LogP contribution is -2.40. The van der Waals surface area contributed by atoms with Gasteiger partial charge < -0.3 is 5.11 Å². The molecular weight excluding hydrogens is 362 g/mol. The zero-order valence-electron chi connectivity index (χ0n) is 17.7. The lowest BCUT2D eigenvalue weighted by molar-refractivity contribution is -0.143. The Morgan fingerprint density at radius 1 is 1.10 bits per heavy atom. The third-order valence-electron chi connectivity index (χ3n) is 5.74. The van der Waals surface area contributed by atoms with Gasteiger partial charge in [0.2, 0.25) is 0 Å². The summed E-state index contributed by atoms with van der Waals surface area (Å²) in [6, 6.07) is 9.14. The standard InChI is InChI=1S/C24H31N3O2/c1-4-6-7-8-9-10-21-15-27-22(16-26-21)19-11-13-20(14-12-19)24(17-25,23(28)29)18(3)5-2/h11-16,18H,4-10H2,1-3H3,(H,28,29). The zero-order valence-corrected chi connectivity index (χ0v) is 17.7. The maximum Gasteiger partial charge on any atom is 0.328 e. The van der Waals surface area contributed by atoms with Crippen LogP contribution < -0.4 is 0 Å². The van der Waals surface area contributed by atoms with Gasteiger partial charge in [-0.2, -0.15) is 5.26 Å². The van der Waals surface area contributed by atoms with Gasteiger partial charge in [-0.05, 0) is 24.3 Å². The molecule has 2 rings (SSSR count). The van der Waals surface area contributed by atoms with Crippen molar-refractivity contribution in [3.05, 3.63) is 47.9 Å². The van der Waals surface area contributed by atoms with Crippen LogP contribution >= 0.6 is 0 Å². The van der Waals surface area contributed by atoms with Crippen molar-refractivity contribution >= 4 is 5.97 Å². The van der Waals surface area contributed by atoms with Crippen LogP contribution in [-0.2, 0) is 16.6 Å². The molecule has 1 N–H and O–H groups in total. The molecule has 0 aliphatic carbocycles. The number of hydrogen-bond donors (Lipinski definition) is 1. The van der Waals surface area contributed by atoms with E-state index in [2.05, 4.69) is 23.0 Å². The number of carboxylic acids is 1. The normalized spacial score (nSPS) is 14.0. The van der Waals surface area contributed by atoms with Crippen LogP contribution in [0.15, 0.2) is 36.7 Å². The number of carbonyl (C=O) groups is 1. The summed E-state index contributed by atoms with van der Waals surface area (Å²) in [5.74, 6) is -1.41. The third kappa shape index (κ3) is 5.20. The summed E-state index contributed by atoms with van der Waals surface area (Å²) in [5, 5.41) is 19.5. The van der Waals surface area contributed by atoms with Crippen molar-refractivity contribution in [2.45, 2.75) is 71.1 Å². The van der Waals surface area contributed by atoms with E-state index in [9.17, 15) is 15.2 Å². The van der Waals surface area contributed by atoms with E-state index in [1.807, 2.05) is 25.3 Å². The number of aliphatic carboxylic acids is 1. The van der Waals surface area contributed by atoms with Gasteiger partial charge in [0.25, 0.3) is 0 Å². The molecule has 0 spiro atoms. The molecule has 0 aliphatic rings. The number of nitriles is 1. The number of hydrogen-bond acceptors (Lipinski definition) is 4. The van der Waals surface area contributed by atoms with Crippen molar-refractivity contribution in [3.8, 4) is 17.3 Å². The number of carboxylic acid groups (broad SMARTS) is 1. The number of aromatic nitrogens is 2. The molecule has 0 saturated carbocycles. The Labute approximate surface area is 173 Å². The first kappa shape index (κ1) is 22.5. The first-order valence-electron chi connectivity index (χ1n) is 10.6. The van der Waals surface area contributed by atoms with Crippen LogP contribution in [0.2, 0.25) is 0 Å². The van der Waals surface area contributed by atoms with E-state index in [1.54, 1.807) is 25.3 Å². The molecule has 0 saturated heterocycles. The predicted molar refractivity (Wildman–Crippen MR) is 114 cm³/mol. The summed E-state index contributed by atoms with van der Waals surface area (Å²) in [7, 11) is 0. The first-order chi connectivity index (χ1) is 14.0. The van der Waals surface area contributed by atoms with Crippen molar-refractivity contribution < 1.29 is 9.90 Å². The lowest BCUT2D eigenvalue weighted by Gasteiger charge is -2.28. The van der Waals surface area contributed by atoms with Crippen molar-refractivity contribution in [2.24, 2.45) is 5.92 Å². The van der Waals surface area contributed by atoms with Gasteiger partial charge in [-0.15, -0.1) is 0 Å². The topological polar surface area (TPSA) is 86.9 Å². The summed E-state index contributed by atoms with van der Waals surface area (Å²) in [6.07, 6.45) is 11.3. The van der Waals surface area contributed by atoms with Crippen LogP contribution in [0.1, 0.15) is 70.6 Å². The molecule has 1 aromatic carbocycles. The maximum atomic E-state index is 11.9. The Morgan fingerprint density at radius 2 is 1.79 bits per heavy atom. The van der Waals surface area contributed by atoms with Crippen LogP contribution in [0.4, 0.5) is 0 Å². The molecule has 2 atom stereocenters. The van der Waals surface area contributed by atoms with E-state index < -0.39 is 11.4 Å². The highest BCUT2D eigenvalue weighted by Crippen LogP contribution is 2.35. The fourth-order valence-corrected chi connectivity index (χ4v) is 3.59. The quantitative estimate of drug-likeness (QED) is 0.506. The molecule has 1 heterocycles. The average Bonchev–Trinajstić information content (AvgIpc) is 2.75. The second-order valence-corrected chi connectivity index (χ2v) is 7.67. The fourth-order valence-electron chi connectivity index (χ4n) is 3.59. The lowest BCUT2D eigenvalue weighted by atomic mass is 9.71. The van der Waals surface area contributed by atoms with Crippen LogP contribution in [0.3, 0.4) is 0 Å². The molecule has 0 aliphatic heterocycles. The Kier molecular flexibility index (Phi) is 8.33. The summed E-state index contributed by atoms with van der Waals surface area (Å²) in [5.41, 5.74) is 1.56. The van der Waals surface area contributed by atoms with E-state index in [0.29, 0.717) is 12.0 Å². The largest absolute Gasteiger partial charge is 0.480 e. The van der Waals surface area contributed by atoms with Gasteiger partial charge in [-0.3, -0.25) is 14.8 Å². The molecule has 5 heteroatoms. The first-order valence-corrected chi connectivity index (χ1v) is 10.6. The van der Waals surface area contributed by atoms with Gasteiger partial charge in [-0.25, -0.2) is 0 Å². The predicted octanol–water partition coefficient (Wildman–Crippen LogP) is 5.55. The third-order valence-corrected chi connectivity index (χ3v) is 5.74. The zero-order chi connectivity index (χ0) is 21.3. The Hall–Kier alpha value is -2.74. The SMILES string of the molecule is CCCCCCCc1cnc(-c2ccc(C(C#N)(C(=O)O)C(C)CC)cc2)cn1. The number of rotatable bonds is 11. The minimum Gasteiger partial charge on any atom is -0.480 e. The van der Waals surface area contributed by atoms with E-state index in [0.717, 1.165) is 29.8 Å². The number of nitrogens with zero attached hydrogens (tertiary/aromatic N) is 3. The highest BCUT2D eigenvalue weighted by atomic mass is 16.4. The smallest absolute Gasteiger partial charge is 0.328 e. The van der Waals surface area contributed by atoms with Crippen molar-refractivity contribution in [1.82, 2.24) is 9.97 Å². The van der Waals surface area contributed by atoms with Gasteiger partial charge in [0.1, 0.15) is 0 Å². The summed E-state index contributed by atoms with van der Waals surface area (Å²) in [4.78, 5) is 21.0. The summed E-state index contributed by atoms with van der Waals surface area (Å²) >= 11 is 0. The monoisotopic (exact) mass is 393 g/mol. The van der Waals surface area contributed by atoms with Crippen molar-refractivity contribution in [1.29, 1.82) is 5.26 Å².